The van der Waals surface area contributed by atoms with Gasteiger partial charge in [-0.05, 0) is 30.3 Å². The molecule has 23 heavy (non-hydrogen) atoms. The Hall–Kier alpha value is -2.36. The second-order valence-electron chi connectivity index (χ2n) is 4.53. The molecular formula is C17H12BrN3OS. The van der Waals surface area contributed by atoms with Crippen molar-refractivity contribution in [3.05, 3.63) is 52.5 Å². The van der Waals surface area contributed by atoms with E-state index >= 15 is 0 Å². The van der Waals surface area contributed by atoms with Crippen molar-refractivity contribution < 1.29 is 4.74 Å². The van der Waals surface area contributed by atoms with Crippen molar-refractivity contribution in [1.82, 2.24) is 4.98 Å². The zero-order valence-electron chi connectivity index (χ0n) is 12.0. The molecule has 0 aliphatic carbocycles. The van der Waals surface area contributed by atoms with Crippen LogP contribution in [0.3, 0.4) is 0 Å². The molecule has 0 radical (unpaired) electrons. The molecule has 0 saturated heterocycles. The smallest absolute Gasteiger partial charge is 0.204 e. The maximum atomic E-state index is 5.50. The predicted octanol–water partition coefficient (Wildman–Crippen LogP) is 4.52. The quantitative estimate of drug-likeness (QED) is 0.399. The first-order chi connectivity index (χ1) is 11.3. The fraction of sp³-hybridized carbons (Fsp3) is 0.0588. The minimum Gasteiger partial charge on any atom is -0.480 e. The molecule has 0 atom stereocenters. The summed E-state index contributed by atoms with van der Waals surface area (Å²) >= 11 is 4.99. The van der Waals surface area contributed by atoms with Crippen LogP contribution in [0.2, 0.25) is 0 Å². The molecule has 6 heteroatoms. The number of fused-ring (bicyclic) bond motifs is 1. The Kier molecular flexibility index (Phi) is 4.91. The van der Waals surface area contributed by atoms with E-state index in [0.717, 1.165) is 25.4 Å². The standard InChI is InChI=1S/C17H12BrN3OS/c1-2-9-22-15-8-7-13(18)10-12(15)11-19-21-17-20-14-5-3-4-6-16(14)23-17/h1,3-8,10-11H,9H2,(H,20,21)/b19-11+. The summed E-state index contributed by atoms with van der Waals surface area (Å²) in [5.74, 6) is 3.13. The third kappa shape index (κ3) is 3.89. The maximum absolute atomic E-state index is 5.50. The monoisotopic (exact) mass is 385 g/mol. The van der Waals surface area contributed by atoms with Gasteiger partial charge in [-0.3, -0.25) is 5.43 Å². The first-order valence-corrected chi connectivity index (χ1v) is 8.37. The van der Waals surface area contributed by atoms with Crippen LogP contribution >= 0.6 is 27.3 Å². The largest absolute Gasteiger partial charge is 0.480 e. The molecule has 0 fully saturated rings. The number of hydrogen-bond donors (Lipinski definition) is 1. The number of hydrogen-bond acceptors (Lipinski definition) is 5. The Morgan fingerprint density at radius 2 is 2.22 bits per heavy atom. The lowest BCUT2D eigenvalue weighted by molar-refractivity contribution is 0.370. The van der Waals surface area contributed by atoms with Crippen molar-refractivity contribution in [3.63, 3.8) is 0 Å². The number of nitrogens with one attached hydrogen (secondary N) is 1. The van der Waals surface area contributed by atoms with Crippen LogP contribution in [0.5, 0.6) is 5.75 Å². The number of hydrazone groups is 1. The number of para-hydroxylation sites is 1. The maximum Gasteiger partial charge on any atom is 0.204 e. The molecule has 0 spiro atoms. The van der Waals surface area contributed by atoms with Gasteiger partial charge in [0.05, 0.1) is 16.4 Å². The van der Waals surface area contributed by atoms with Gasteiger partial charge in [-0.2, -0.15) is 5.10 Å². The van der Waals surface area contributed by atoms with E-state index in [0.29, 0.717) is 5.75 Å². The number of thiazole rings is 1. The lowest BCUT2D eigenvalue weighted by Gasteiger charge is -2.06. The summed E-state index contributed by atoms with van der Waals surface area (Å²) in [6.07, 6.45) is 6.92. The van der Waals surface area contributed by atoms with E-state index in [1.165, 1.54) is 0 Å². The molecular weight excluding hydrogens is 374 g/mol. The summed E-state index contributed by atoms with van der Waals surface area (Å²) in [6, 6.07) is 13.6. The zero-order chi connectivity index (χ0) is 16.1. The highest BCUT2D eigenvalue weighted by Crippen LogP contribution is 2.25. The Labute approximate surface area is 146 Å². The van der Waals surface area contributed by atoms with Crippen LogP contribution < -0.4 is 10.2 Å². The minimum atomic E-state index is 0.216. The lowest BCUT2D eigenvalue weighted by Crippen LogP contribution is -1.98. The number of halogens is 1. The fourth-order valence-electron chi connectivity index (χ4n) is 1.95. The molecule has 114 valence electrons. The fourth-order valence-corrected chi connectivity index (χ4v) is 3.14. The summed E-state index contributed by atoms with van der Waals surface area (Å²) < 4.78 is 7.56. The van der Waals surface area contributed by atoms with Gasteiger partial charge >= 0.3 is 0 Å². The van der Waals surface area contributed by atoms with E-state index in [4.69, 9.17) is 11.2 Å². The number of terminal acetylenes is 1. The summed E-state index contributed by atoms with van der Waals surface area (Å²) in [6.45, 7) is 0.216. The van der Waals surface area contributed by atoms with Crippen LogP contribution in [0.4, 0.5) is 5.13 Å². The minimum absolute atomic E-state index is 0.216. The Balaban J connectivity index is 1.77. The van der Waals surface area contributed by atoms with Gasteiger partial charge in [-0.15, -0.1) is 6.42 Å². The number of rotatable bonds is 5. The van der Waals surface area contributed by atoms with Gasteiger partial charge in [0.25, 0.3) is 0 Å². The molecule has 0 unspecified atom stereocenters. The van der Waals surface area contributed by atoms with E-state index in [-0.39, 0.29) is 6.61 Å². The van der Waals surface area contributed by atoms with Crippen LogP contribution in [0.1, 0.15) is 5.56 Å². The molecule has 3 aromatic rings. The third-order valence-corrected chi connectivity index (χ3v) is 4.37. The molecule has 1 aromatic heterocycles. The van der Waals surface area contributed by atoms with Gasteiger partial charge in [0.1, 0.15) is 12.4 Å². The highest BCUT2D eigenvalue weighted by Gasteiger charge is 2.03. The molecule has 1 N–H and O–H groups in total. The molecule has 0 aliphatic heterocycles. The average Bonchev–Trinajstić information content (AvgIpc) is 2.97. The Morgan fingerprint density at radius 3 is 3.04 bits per heavy atom. The Bertz CT molecular complexity index is 865. The third-order valence-electron chi connectivity index (χ3n) is 2.94. The van der Waals surface area contributed by atoms with Crippen molar-refractivity contribution in [1.29, 1.82) is 0 Å². The van der Waals surface area contributed by atoms with E-state index in [2.05, 4.69) is 37.4 Å². The molecule has 3 rings (SSSR count). The van der Waals surface area contributed by atoms with Crippen molar-refractivity contribution in [2.45, 2.75) is 0 Å². The van der Waals surface area contributed by atoms with Gasteiger partial charge in [0, 0.05) is 10.0 Å². The average molecular weight is 386 g/mol. The zero-order valence-corrected chi connectivity index (χ0v) is 14.4. The summed E-state index contributed by atoms with van der Waals surface area (Å²) in [5.41, 5.74) is 4.73. The first-order valence-electron chi connectivity index (χ1n) is 6.77. The van der Waals surface area contributed by atoms with Crippen molar-refractivity contribution >= 4 is 48.8 Å². The van der Waals surface area contributed by atoms with Gasteiger partial charge in [-0.1, -0.05) is 45.3 Å². The number of ether oxygens (including phenoxy) is 1. The number of anilines is 1. The summed E-state index contributed by atoms with van der Waals surface area (Å²) in [7, 11) is 0. The van der Waals surface area contributed by atoms with Crippen LogP contribution in [-0.2, 0) is 0 Å². The van der Waals surface area contributed by atoms with Crippen LogP contribution in [-0.4, -0.2) is 17.8 Å². The topological polar surface area (TPSA) is 46.5 Å². The second kappa shape index (κ2) is 7.27. The number of aromatic nitrogens is 1. The molecule has 2 aromatic carbocycles. The van der Waals surface area contributed by atoms with E-state index in [1.807, 2.05) is 42.5 Å². The predicted molar refractivity (Wildman–Crippen MR) is 99.3 cm³/mol. The highest BCUT2D eigenvalue weighted by atomic mass is 79.9. The second-order valence-corrected chi connectivity index (χ2v) is 6.48. The van der Waals surface area contributed by atoms with Gasteiger partial charge in [0.2, 0.25) is 5.13 Å². The molecule has 0 bridgehead atoms. The highest BCUT2D eigenvalue weighted by molar-refractivity contribution is 9.10. The molecule has 0 saturated carbocycles. The SMILES string of the molecule is C#CCOc1ccc(Br)cc1/C=N/Nc1nc2ccccc2s1. The number of nitrogens with zero attached hydrogens (tertiary/aromatic N) is 2. The van der Waals surface area contributed by atoms with Crippen LogP contribution in [0, 0.1) is 12.3 Å². The molecule has 0 amide bonds. The lowest BCUT2D eigenvalue weighted by atomic mass is 10.2. The van der Waals surface area contributed by atoms with Crippen LogP contribution in [0.15, 0.2) is 52.0 Å². The Morgan fingerprint density at radius 1 is 1.35 bits per heavy atom. The van der Waals surface area contributed by atoms with Gasteiger partial charge in [-0.25, -0.2) is 4.98 Å². The summed E-state index contributed by atoms with van der Waals surface area (Å²) in [4.78, 5) is 4.46. The number of benzene rings is 2. The normalized spacial score (nSPS) is 10.8. The van der Waals surface area contributed by atoms with Gasteiger partial charge in [0.15, 0.2) is 0 Å². The summed E-state index contributed by atoms with van der Waals surface area (Å²) in [5, 5.41) is 4.98. The van der Waals surface area contributed by atoms with Crippen LogP contribution in [0.25, 0.3) is 10.2 Å². The van der Waals surface area contributed by atoms with Crippen molar-refractivity contribution in [3.8, 4) is 18.1 Å². The van der Waals surface area contributed by atoms with Crippen molar-refractivity contribution in [2.24, 2.45) is 5.10 Å². The molecule has 0 aliphatic rings. The van der Waals surface area contributed by atoms with Gasteiger partial charge < -0.3 is 4.74 Å². The van der Waals surface area contributed by atoms with E-state index in [1.54, 1.807) is 17.6 Å². The van der Waals surface area contributed by atoms with E-state index < -0.39 is 0 Å². The van der Waals surface area contributed by atoms with E-state index in [9.17, 15) is 0 Å². The molecule has 4 nitrogen and oxygen atoms in total. The first kappa shape index (κ1) is 15.5. The molecule has 1 heterocycles. The van der Waals surface area contributed by atoms with Crippen molar-refractivity contribution in [2.75, 3.05) is 12.0 Å².